The van der Waals surface area contributed by atoms with Gasteiger partial charge in [0.2, 0.25) is 0 Å². The quantitative estimate of drug-likeness (QED) is 0.744. The van der Waals surface area contributed by atoms with E-state index >= 15 is 0 Å². The number of hydrogen-bond acceptors (Lipinski definition) is 3. The Kier molecular flexibility index (Phi) is 5.81. The molecule has 1 rings (SSSR count). The lowest BCUT2D eigenvalue weighted by atomic mass is 9.92. The minimum atomic E-state index is -0.815. The van der Waals surface area contributed by atoms with Crippen molar-refractivity contribution in [2.24, 2.45) is 11.8 Å². The highest BCUT2D eigenvalue weighted by Gasteiger charge is 2.37. The summed E-state index contributed by atoms with van der Waals surface area (Å²) in [6, 6.07) is 0.304. The first-order chi connectivity index (χ1) is 8.80. The fraction of sp³-hybridized carbons (Fsp3) is 0.933. The summed E-state index contributed by atoms with van der Waals surface area (Å²) in [7, 11) is 0. The molecule has 0 aliphatic carbocycles. The van der Waals surface area contributed by atoms with Gasteiger partial charge in [0.25, 0.3) is 0 Å². The van der Waals surface area contributed by atoms with Crippen LogP contribution in [0.3, 0.4) is 0 Å². The molecule has 0 aromatic rings. The second kappa shape index (κ2) is 6.71. The average molecular weight is 270 g/mol. The van der Waals surface area contributed by atoms with Gasteiger partial charge < -0.3 is 15.3 Å². The zero-order valence-corrected chi connectivity index (χ0v) is 13.1. The van der Waals surface area contributed by atoms with E-state index in [0.717, 1.165) is 26.1 Å². The van der Waals surface area contributed by atoms with Crippen LogP contribution in [0.25, 0.3) is 0 Å². The highest BCUT2D eigenvalue weighted by atomic mass is 16.4. The summed E-state index contributed by atoms with van der Waals surface area (Å²) in [5.41, 5.74) is -0.815. The van der Waals surface area contributed by atoms with E-state index in [1.165, 1.54) is 0 Å². The largest absolute Gasteiger partial charge is 0.480 e. The van der Waals surface area contributed by atoms with E-state index in [0.29, 0.717) is 24.3 Å². The van der Waals surface area contributed by atoms with Gasteiger partial charge in [0.05, 0.1) is 0 Å². The summed E-state index contributed by atoms with van der Waals surface area (Å²) in [4.78, 5) is 14.0. The average Bonchev–Trinajstić information content (AvgIpc) is 2.67. The number of nitrogens with one attached hydrogen (secondary N) is 1. The van der Waals surface area contributed by atoms with E-state index in [-0.39, 0.29) is 0 Å². The molecule has 0 amide bonds. The van der Waals surface area contributed by atoms with Crippen LogP contribution in [0.2, 0.25) is 0 Å². The van der Waals surface area contributed by atoms with Crippen molar-refractivity contribution in [2.75, 3.05) is 19.6 Å². The van der Waals surface area contributed by atoms with Crippen molar-refractivity contribution in [3.63, 3.8) is 0 Å². The number of carboxylic acid groups (broad SMARTS) is 1. The van der Waals surface area contributed by atoms with E-state index in [9.17, 15) is 9.90 Å². The Bertz CT molecular complexity index is 299. The number of hydrogen-bond donors (Lipinski definition) is 2. The lowest BCUT2D eigenvalue weighted by Crippen LogP contribution is -2.53. The second-order valence-electron chi connectivity index (χ2n) is 6.53. The summed E-state index contributed by atoms with van der Waals surface area (Å²) in [6.07, 6.45) is 1.61. The van der Waals surface area contributed by atoms with Crippen molar-refractivity contribution < 1.29 is 9.90 Å². The molecule has 0 bridgehead atoms. The fourth-order valence-electron chi connectivity index (χ4n) is 2.89. The van der Waals surface area contributed by atoms with Gasteiger partial charge in [-0.25, -0.2) is 0 Å². The molecule has 4 atom stereocenters. The molecule has 0 spiro atoms. The van der Waals surface area contributed by atoms with E-state index in [4.69, 9.17) is 0 Å². The van der Waals surface area contributed by atoms with Gasteiger partial charge in [0, 0.05) is 19.1 Å². The van der Waals surface area contributed by atoms with E-state index in [1.54, 1.807) is 0 Å². The SMILES string of the molecule is CCCNC(C)(CC(C)N1CC(C)C(C)C1)C(=O)O. The van der Waals surface area contributed by atoms with Crippen molar-refractivity contribution >= 4 is 5.97 Å². The molecule has 1 aliphatic rings. The molecular formula is C15H30N2O2. The lowest BCUT2D eigenvalue weighted by Gasteiger charge is -2.33. The van der Waals surface area contributed by atoms with Gasteiger partial charge in [-0.15, -0.1) is 0 Å². The minimum absolute atomic E-state index is 0.304. The maximum atomic E-state index is 11.5. The van der Waals surface area contributed by atoms with Crippen LogP contribution in [0.5, 0.6) is 0 Å². The predicted octanol–water partition coefficient (Wildman–Crippen LogP) is 2.20. The van der Waals surface area contributed by atoms with Crippen LogP contribution in [0, 0.1) is 11.8 Å². The molecule has 1 heterocycles. The standard InChI is InChI=1S/C15H30N2O2/c1-6-7-16-15(5,14(18)19)8-13(4)17-9-11(2)12(3)10-17/h11-13,16H,6-10H2,1-5H3,(H,18,19). The van der Waals surface area contributed by atoms with Gasteiger partial charge in [0.1, 0.15) is 5.54 Å². The molecule has 112 valence electrons. The smallest absolute Gasteiger partial charge is 0.323 e. The van der Waals surface area contributed by atoms with E-state index in [2.05, 4.69) is 37.9 Å². The summed E-state index contributed by atoms with van der Waals surface area (Å²) in [5.74, 6) is 0.678. The highest BCUT2D eigenvalue weighted by Crippen LogP contribution is 2.27. The summed E-state index contributed by atoms with van der Waals surface area (Å²) >= 11 is 0. The van der Waals surface area contributed by atoms with Crippen LogP contribution in [-0.4, -0.2) is 47.2 Å². The Balaban J connectivity index is 2.61. The number of likely N-dealkylation sites (tertiary alicyclic amines) is 1. The van der Waals surface area contributed by atoms with E-state index < -0.39 is 11.5 Å². The molecule has 4 unspecified atom stereocenters. The van der Waals surface area contributed by atoms with Gasteiger partial charge in [-0.3, -0.25) is 4.79 Å². The lowest BCUT2D eigenvalue weighted by molar-refractivity contribution is -0.145. The molecule has 4 nitrogen and oxygen atoms in total. The number of carbonyl (C=O) groups is 1. The third-order valence-corrected chi connectivity index (χ3v) is 4.58. The highest BCUT2D eigenvalue weighted by molar-refractivity contribution is 5.78. The Morgan fingerprint density at radius 2 is 1.95 bits per heavy atom. The Morgan fingerprint density at radius 3 is 2.37 bits per heavy atom. The summed E-state index contributed by atoms with van der Waals surface area (Å²) < 4.78 is 0. The van der Waals surface area contributed by atoms with Gasteiger partial charge in [-0.05, 0) is 45.1 Å². The predicted molar refractivity (Wildman–Crippen MR) is 78.3 cm³/mol. The monoisotopic (exact) mass is 270 g/mol. The summed E-state index contributed by atoms with van der Waals surface area (Å²) in [6.45, 7) is 13.5. The molecule has 2 N–H and O–H groups in total. The molecular weight excluding hydrogens is 240 g/mol. The number of carboxylic acids is 1. The number of rotatable bonds is 7. The third kappa shape index (κ3) is 4.18. The van der Waals surface area contributed by atoms with Gasteiger partial charge in [0.15, 0.2) is 0 Å². The Labute approximate surface area is 117 Å². The zero-order chi connectivity index (χ0) is 14.6. The van der Waals surface area contributed by atoms with Gasteiger partial charge in [-0.1, -0.05) is 20.8 Å². The molecule has 0 saturated carbocycles. The van der Waals surface area contributed by atoms with Crippen LogP contribution >= 0.6 is 0 Å². The van der Waals surface area contributed by atoms with Crippen LogP contribution < -0.4 is 5.32 Å². The molecule has 1 fully saturated rings. The van der Waals surface area contributed by atoms with Crippen molar-refractivity contribution in [1.82, 2.24) is 10.2 Å². The van der Waals surface area contributed by atoms with Crippen LogP contribution in [0.1, 0.15) is 47.5 Å². The third-order valence-electron chi connectivity index (χ3n) is 4.58. The van der Waals surface area contributed by atoms with Gasteiger partial charge >= 0.3 is 5.97 Å². The van der Waals surface area contributed by atoms with Crippen molar-refractivity contribution in [2.45, 2.75) is 59.0 Å². The normalized spacial score (nSPS) is 29.1. The Hall–Kier alpha value is -0.610. The first kappa shape index (κ1) is 16.4. The topological polar surface area (TPSA) is 52.6 Å². The molecule has 1 aliphatic heterocycles. The molecule has 19 heavy (non-hydrogen) atoms. The van der Waals surface area contributed by atoms with Crippen molar-refractivity contribution in [3.8, 4) is 0 Å². The first-order valence-electron chi connectivity index (χ1n) is 7.52. The van der Waals surface area contributed by atoms with Gasteiger partial charge in [-0.2, -0.15) is 0 Å². The maximum Gasteiger partial charge on any atom is 0.323 e. The fourth-order valence-corrected chi connectivity index (χ4v) is 2.89. The van der Waals surface area contributed by atoms with Crippen LogP contribution in [-0.2, 0) is 4.79 Å². The maximum absolute atomic E-state index is 11.5. The zero-order valence-electron chi connectivity index (χ0n) is 13.1. The molecule has 0 aromatic carbocycles. The van der Waals surface area contributed by atoms with Crippen molar-refractivity contribution in [3.05, 3.63) is 0 Å². The number of aliphatic carboxylic acids is 1. The molecule has 0 radical (unpaired) electrons. The Morgan fingerprint density at radius 1 is 1.42 bits per heavy atom. The first-order valence-corrected chi connectivity index (χ1v) is 7.52. The minimum Gasteiger partial charge on any atom is -0.480 e. The summed E-state index contributed by atoms with van der Waals surface area (Å²) in [5, 5.41) is 12.7. The van der Waals surface area contributed by atoms with E-state index in [1.807, 2.05) is 6.92 Å². The van der Waals surface area contributed by atoms with Crippen LogP contribution in [0.15, 0.2) is 0 Å². The second-order valence-corrected chi connectivity index (χ2v) is 6.53. The number of nitrogens with zero attached hydrogens (tertiary/aromatic N) is 1. The molecule has 1 saturated heterocycles. The molecule has 4 heteroatoms. The van der Waals surface area contributed by atoms with Crippen molar-refractivity contribution in [1.29, 1.82) is 0 Å². The van der Waals surface area contributed by atoms with Crippen LogP contribution in [0.4, 0.5) is 0 Å². The molecule has 0 aromatic heterocycles.